The molecule has 0 bridgehead atoms. The van der Waals surface area contributed by atoms with Crippen LogP contribution in [0.15, 0.2) is 12.7 Å². The fraction of sp³-hybridized carbons (Fsp3) is 0.700. The summed E-state index contributed by atoms with van der Waals surface area (Å²) in [6.45, 7) is 9.82. The number of likely N-dealkylation sites (tertiary alicyclic amines) is 1. The zero-order valence-electron chi connectivity index (χ0n) is 8.29. The van der Waals surface area contributed by atoms with E-state index in [1.807, 2.05) is 31.9 Å². The van der Waals surface area contributed by atoms with E-state index < -0.39 is 0 Å². The molecule has 0 saturated carbocycles. The lowest BCUT2D eigenvalue weighted by atomic mass is 9.79. The zero-order valence-corrected chi connectivity index (χ0v) is 8.29. The Bertz CT molecular complexity index is 220. The molecule has 0 aromatic heterocycles. The third-order valence-electron chi connectivity index (χ3n) is 3.09. The van der Waals surface area contributed by atoms with E-state index in [2.05, 4.69) is 13.5 Å². The highest BCUT2D eigenvalue weighted by atomic mass is 16.2. The first-order valence-electron chi connectivity index (χ1n) is 4.32. The zero-order chi connectivity index (χ0) is 9.52. The van der Waals surface area contributed by atoms with Crippen molar-refractivity contribution in [3.05, 3.63) is 12.7 Å². The van der Waals surface area contributed by atoms with Gasteiger partial charge in [-0.1, -0.05) is 19.9 Å². The molecule has 0 N–H and O–H groups in total. The molecule has 2 nitrogen and oxygen atoms in total. The highest BCUT2D eigenvalue weighted by Crippen LogP contribution is 2.40. The maximum atomic E-state index is 11.7. The fourth-order valence-corrected chi connectivity index (χ4v) is 2.12. The van der Waals surface area contributed by atoms with Gasteiger partial charge in [0, 0.05) is 19.0 Å². The summed E-state index contributed by atoms with van der Waals surface area (Å²) in [6.07, 6.45) is 1.89. The number of hydrogen-bond donors (Lipinski definition) is 0. The molecule has 0 aliphatic carbocycles. The topological polar surface area (TPSA) is 20.3 Å². The second-order valence-electron chi connectivity index (χ2n) is 4.14. The lowest BCUT2D eigenvalue weighted by Crippen LogP contribution is -2.29. The average molecular weight is 167 g/mol. The van der Waals surface area contributed by atoms with Crippen molar-refractivity contribution in [2.75, 3.05) is 7.05 Å². The summed E-state index contributed by atoms with van der Waals surface area (Å²) in [4.78, 5) is 13.5. The summed E-state index contributed by atoms with van der Waals surface area (Å²) in [7, 11) is 1.86. The van der Waals surface area contributed by atoms with E-state index in [9.17, 15) is 4.79 Å². The molecule has 0 spiro atoms. The van der Waals surface area contributed by atoms with E-state index >= 15 is 0 Å². The van der Waals surface area contributed by atoms with Gasteiger partial charge in [0.05, 0.1) is 5.41 Å². The van der Waals surface area contributed by atoms with Crippen molar-refractivity contribution in [3.63, 3.8) is 0 Å². The standard InChI is InChI=1S/C10H17NO/c1-6-8-7(2)11(5)9(12)10(8,3)4/h6-8H,1H2,2-5H3. The van der Waals surface area contributed by atoms with Gasteiger partial charge in [0.1, 0.15) is 0 Å². The summed E-state index contributed by atoms with van der Waals surface area (Å²) < 4.78 is 0. The van der Waals surface area contributed by atoms with Crippen LogP contribution in [0.5, 0.6) is 0 Å². The van der Waals surface area contributed by atoms with Gasteiger partial charge < -0.3 is 4.90 Å². The van der Waals surface area contributed by atoms with Crippen molar-refractivity contribution in [1.82, 2.24) is 4.90 Å². The summed E-state index contributed by atoms with van der Waals surface area (Å²) in [5.41, 5.74) is -0.268. The van der Waals surface area contributed by atoms with Crippen LogP contribution in [0, 0.1) is 11.3 Å². The van der Waals surface area contributed by atoms with Crippen molar-refractivity contribution < 1.29 is 4.79 Å². The molecule has 1 aliphatic rings. The first-order chi connectivity index (χ1) is 5.42. The Morgan fingerprint density at radius 2 is 2.08 bits per heavy atom. The van der Waals surface area contributed by atoms with Crippen LogP contribution in [0.4, 0.5) is 0 Å². The van der Waals surface area contributed by atoms with Crippen molar-refractivity contribution in [2.45, 2.75) is 26.8 Å². The van der Waals surface area contributed by atoms with Crippen molar-refractivity contribution in [2.24, 2.45) is 11.3 Å². The van der Waals surface area contributed by atoms with Gasteiger partial charge in [-0.05, 0) is 6.92 Å². The molecule has 0 aromatic carbocycles. The quantitative estimate of drug-likeness (QED) is 0.544. The molecule has 0 aromatic rings. The first-order valence-corrected chi connectivity index (χ1v) is 4.32. The van der Waals surface area contributed by atoms with E-state index in [1.54, 1.807) is 0 Å². The molecule has 2 heteroatoms. The Kier molecular flexibility index (Phi) is 2.02. The Hall–Kier alpha value is -0.790. The summed E-state index contributed by atoms with van der Waals surface area (Å²) in [6, 6.07) is 0.282. The molecule has 2 atom stereocenters. The van der Waals surface area contributed by atoms with E-state index in [1.165, 1.54) is 0 Å². The first kappa shape index (κ1) is 9.30. The highest BCUT2D eigenvalue weighted by Gasteiger charge is 2.48. The molecule has 1 fully saturated rings. The third-order valence-corrected chi connectivity index (χ3v) is 3.09. The van der Waals surface area contributed by atoms with Gasteiger partial charge in [0.15, 0.2) is 0 Å². The molecular weight excluding hydrogens is 150 g/mol. The Labute approximate surface area is 74.2 Å². The minimum Gasteiger partial charge on any atom is -0.342 e. The van der Waals surface area contributed by atoms with Crippen molar-refractivity contribution >= 4 is 5.91 Å². The second-order valence-corrected chi connectivity index (χ2v) is 4.14. The number of amides is 1. The molecular formula is C10H17NO. The molecule has 2 unspecified atom stereocenters. The fourth-order valence-electron chi connectivity index (χ4n) is 2.12. The Morgan fingerprint density at radius 3 is 2.25 bits per heavy atom. The molecule has 68 valence electrons. The number of carbonyl (C=O) groups excluding carboxylic acids is 1. The van der Waals surface area contributed by atoms with Gasteiger partial charge in [0.2, 0.25) is 5.91 Å². The smallest absolute Gasteiger partial charge is 0.228 e. The van der Waals surface area contributed by atoms with Crippen LogP contribution in [0.1, 0.15) is 20.8 Å². The monoisotopic (exact) mass is 167 g/mol. The number of carbonyl (C=O) groups is 1. The van der Waals surface area contributed by atoms with Crippen LogP contribution in [-0.2, 0) is 4.79 Å². The number of nitrogens with zero attached hydrogens (tertiary/aromatic N) is 1. The van der Waals surface area contributed by atoms with Crippen LogP contribution in [-0.4, -0.2) is 23.9 Å². The number of rotatable bonds is 1. The molecule has 1 rings (SSSR count). The van der Waals surface area contributed by atoms with Crippen LogP contribution in [0.25, 0.3) is 0 Å². The highest BCUT2D eigenvalue weighted by molar-refractivity contribution is 5.85. The average Bonchev–Trinajstić information content (AvgIpc) is 2.13. The SMILES string of the molecule is C=CC1C(C)N(C)C(=O)C1(C)C. The maximum absolute atomic E-state index is 11.7. The van der Waals surface area contributed by atoms with Crippen molar-refractivity contribution in [3.8, 4) is 0 Å². The molecule has 12 heavy (non-hydrogen) atoms. The van der Waals surface area contributed by atoms with Crippen LogP contribution < -0.4 is 0 Å². The predicted molar refractivity (Wildman–Crippen MR) is 49.7 cm³/mol. The van der Waals surface area contributed by atoms with Crippen molar-refractivity contribution in [1.29, 1.82) is 0 Å². The maximum Gasteiger partial charge on any atom is 0.228 e. The summed E-state index contributed by atoms with van der Waals surface area (Å²) in [5.74, 6) is 0.495. The molecule has 1 heterocycles. The summed E-state index contributed by atoms with van der Waals surface area (Å²) in [5, 5.41) is 0. The largest absolute Gasteiger partial charge is 0.342 e. The molecule has 1 aliphatic heterocycles. The summed E-state index contributed by atoms with van der Waals surface area (Å²) >= 11 is 0. The van der Waals surface area contributed by atoms with Gasteiger partial charge in [-0.3, -0.25) is 4.79 Å². The lowest BCUT2D eigenvalue weighted by Gasteiger charge is -2.21. The van der Waals surface area contributed by atoms with E-state index in [-0.39, 0.29) is 23.3 Å². The third kappa shape index (κ3) is 0.977. The predicted octanol–water partition coefficient (Wildman–Crippen LogP) is 1.68. The number of hydrogen-bond acceptors (Lipinski definition) is 1. The van der Waals surface area contributed by atoms with Gasteiger partial charge in [-0.2, -0.15) is 0 Å². The minimum absolute atomic E-state index is 0.222. The van der Waals surface area contributed by atoms with E-state index in [0.29, 0.717) is 0 Å². The van der Waals surface area contributed by atoms with Crippen LogP contribution in [0.3, 0.4) is 0 Å². The van der Waals surface area contributed by atoms with Gasteiger partial charge in [-0.25, -0.2) is 0 Å². The normalized spacial score (nSPS) is 34.0. The second kappa shape index (κ2) is 2.61. The minimum atomic E-state index is -0.268. The molecule has 1 saturated heterocycles. The van der Waals surface area contributed by atoms with E-state index in [0.717, 1.165) is 0 Å². The van der Waals surface area contributed by atoms with E-state index in [4.69, 9.17) is 0 Å². The Balaban J connectivity index is 3.04. The molecule has 1 amide bonds. The van der Waals surface area contributed by atoms with Crippen LogP contribution in [0.2, 0.25) is 0 Å². The van der Waals surface area contributed by atoms with Gasteiger partial charge in [0.25, 0.3) is 0 Å². The lowest BCUT2D eigenvalue weighted by molar-refractivity contribution is -0.134. The van der Waals surface area contributed by atoms with Crippen LogP contribution >= 0.6 is 0 Å². The molecule has 0 radical (unpaired) electrons. The van der Waals surface area contributed by atoms with Gasteiger partial charge in [-0.15, -0.1) is 6.58 Å². The van der Waals surface area contributed by atoms with Gasteiger partial charge >= 0.3 is 0 Å². The Morgan fingerprint density at radius 1 is 1.58 bits per heavy atom.